The van der Waals surface area contributed by atoms with Gasteiger partial charge < -0.3 is 0 Å². The average molecular weight is 216 g/mol. The molecule has 0 aromatic carbocycles. The van der Waals surface area contributed by atoms with Crippen LogP contribution in [0.25, 0.3) is 0 Å². The van der Waals surface area contributed by atoms with Crippen LogP contribution in [-0.4, -0.2) is 9.58 Å². The number of halogens is 3. The smallest absolute Gasteiger partial charge is 0.231 e. The van der Waals surface area contributed by atoms with E-state index in [4.69, 9.17) is 34.8 Å². The molecule has 0 amide bonds. The highest BCUT2D eigenvalue weighted by Gasteiger charge is 2.71. The van der Waals surface area contributed by atoms with E-state index in [9.17, 15) is 4.79 Å². The summed E-state index contributed by atoms with van der Waals surface area (Å²) in [6.45, 7) is 3.79. The van der Waals surface area contributed by atoms with Crippen molar-refractivity contribution in [3.05, 3.63) is 0 Å². The first-order valence-corrected chi connectivity index (χ1v) is 4.56. The summed E-state index contributed by atoms with van der Waals surface area (Å²) in [4.78, 5) is 11.0. The van der Waals surface area contributed by atoms with Crippen LogP contribution in [-0.2, 0) is 4.79 Å². The Balaban J connectivity index is 2.88. The topological polar surface area (TPSA) is 17.1 Å². The van der Waals surface area contributed by atoms with E-state index in [0.29, 0.717) is 6.42 Å². The zero-order valence-corrected chi connectivity index (χ0v) is 8.59. The van der Waals surface area contributed by atoms with Gasteiger partial charge in [-0.1, -0.05) is 13.8 Å². The fourth-order valence-electron chi connectivity index (χ4n) is 1.37. The summed E-state index contributed by atoms with van der Waals surface area (Å²) in [6, 6.07) is 0. The van der Waals surface area contributed by atoms with Gasteiger partial charge in [0.1, 0.15) is 4.33 Å². The van der Waals surface area contributed by atoms with Gasteiger partial charge in [0.15, 0.2) is 0 Å². The van der Waals surface area contributed by atoms with Crippen molar-refractivity contribution in [2.45, 2.75) is 24.6 Å². The third-order valence-corrected chi connectivity index (χ3v) is 3.64. The minimum atomic E-state index is -0.931. The zero-order chi connectivity index (χ0) is 8.86. The quantitative estimate of drug-likeness (QED) is 0.511. The first kappa shape index (κ1) is 9.63. The van der Waals surface area contributed by atoms with E-state index >= 15 is 0 Å². The molecule has 4 heteroatoms. The molecule has 1 rings (SSSR count). The van der Waals surface area contributed by atoms with E-state index in [1.165, 1.54) is 0 Å². The van der Waals surface area contributed by atoms with Crippen molar-refractivity contribution in [2.75, 3.05) is 0 Å². The average Bonchev–Trinajstić information content (AvgIpc) is 2.35. The van der Waals surface area contributed by atoms with Crippen LogP contribution in [0.4, 0.5) is 0 Å². The van der Waals surface area contributed by atoms with Crippen molar-refractivity contribution in [3.8, 4) is 0 Å². The van der Waals surface area contributed by atoms with E-state index in [1.54, 1.807) is 0 Å². The van der Waals surface area contributed by atoms with E-state index in [0.717, 1.165) is 0 Å². The van der Waals surface area contributed by atoms with Crippen molar-refractivity contribution < 1.29 is 4.79 Å². The van der Waals surface area contributed by atoms with Crippen molar-refractivity contribution in [1.29, 1.82) is 0 Å². The predicted octanol–water partition coefficient (Wildman–Crippen LogP) is 2.97. The van der Waals surface area contributed by atoms with E-state index in [-0.39, 0.29) is 5.92 Å². The van der Waals surface area contributed by atoms with Crippen LogP contribution in [0.5, 0.6) is 0 Å². The summed E-state index contributed by atoms with van der Waals surface area (Å²) >= 11 is 17.0. The molecule has 0 bridgehead atoms. The number of rotatable bonds is 2. The number of carbonyl (C=O) groups is 1. The maximum atomic E-state index is 11.0. The van der Waals surface area contributed by atoms with Crippen LogP contribution in [0.1, 0.15) is 20.3 Å². The van der Waals surface area contributed by atoms with Crippen molar-refractivity contribution in [2.24, 2.45) is 11.3 Å². The third kappa shape index (κ3) is 1.18. The molecule has 0 heterocycles. The second kappa shape index (κ2) is 2.51. The Hall–Kier alpha value is 0.540. The minimum absolute atomic E-state index is 0.0995. The predicted molar refractivity (Wildman–Crippen MR) is 47.2 cm³/mol. The molecule has 11 heavy (non-hydrogen) atoms. The van der Waals surface area contributed by atoms with Crippen LogP contribution >= 0.6 is 34.8 Å². The molecule has 0 spiro atoms. The minimum Gasteiger partial charge on any atom is -0.281 e. The maximum Gasteiger partial charge on any atom is 0.231 e. The van der Waals surface area contributed by atoms with Gasteiger partial charge >= 0.3 is 0 Å². The molecule has 0 aromatic rings. The van der Waals surface area contributed by atoms with Crippen LogP contribution in [0.3, 0.4) is 0 Å². The number of hydrogen-bond acceptors (Lipinski definition) is 1. The molecule has 1 aliphatic carbocycles. The Morgan fingerprint density at radius 1 is 1.45 bits per heavy atom. The van der Waals surface area contributed by atoms with Gasteiger partial charge in [-0.3, -0.25) is 4.79 Å². The molecule has 1 unspecified atom stereocenters. The molecule has 0 aliphatic heterocycles. The SMILES string of the molecule is CC(C)C1(C(=O)Cl)CC1(Cl)Cl. The lowest BCUT2D eigenvalue weighted by Gasteiger charge is -2.16. The molecular weight excluding hydrogens is 206 g/mol. The number of hydrogen-bond donors (Lipinski definition) is 0. The van der Waals surface area contributed by atoms with Crippen molar-refractivity contribution >= 4 is 40.0 Å². The molecule has 0 N–H and O–H groups in total. The van der Waals surface area contributed by atoms with Crippen LogP contribution < -0.4 is 0 Å². The summed E-state index contributed by atoms with van der Waals surface area (Å²) in [7, 11) is 0. The van der Waals surface area contributed by atoms with Gasteiger partial charge in [0.25, 0.3) is 0 Å². The molecule has 1 saturated carbocycles. The highest BCUT2D eigenvalue weighted by molar-refractivity contribution is 6.68. The van der Waals surface area contributed by atoms with Gasteiger partial charge in [-0.15, -0.1) is 23.2 Å². The summed E-state index contributed by atoms with van der Waals surface area (Å²) in [5, 5.41) is -0.419. The Morgan fingerprint density at radius 3 is 1.82 bits per heavy atom. The molecule has 0 radical (unpaired) electrons. The maximum absolute atomic E-state index is 11.0. The molecule has 0 saturated heterocycles. The number of carbonyl (C=O) groups excluding carboxylic acids is 1. The lowest BCUT2D eigenvalue weighted by atomic mass is 9.94. The molecular formula is C7H9Cl3O. The fraction of sp³-hybridized carbons (Fsp3) is 0.857. The summed E-state index contributed by atoms with van der Waals surface area (Å²) < 4.78 is -0.931. The van der Waals surface area contributed by atoms with E-state index in [1.807, 2.05) is 13.8 Å². The first-order valence-electron chi connectivity index (χ1n) is 3.42. The molecule has 0 aromatic heterocycles. The molecule has 64 valence electrons. The molecule has 1 fully saturated rings. The zero-order valence-electron chi connectivity index (χ0n) is 6.33. The van der Waals surface area contributed by atoms with Gasteiger partial charge in [0.05, 0.1) is 5.41 Å². The standard InChI is InChI=1S/C7H9Cl3O/c1-4(2)6(5(8)11)3-7(6,9)10/h4H,3H2,1-2H3. The van der Waals surface area contributed by atoms with Gasteiger partial charge in [-0.25, -0.2) is 0 Å². The highest BCUT2D eigenvalue weighted by Crippen LogP contribution is 2.68. The summed E-state index contributed by atoms with van der Waals surface area (Å²) in [6.07, 6.45) is 0.475. The first-order chi connectivity index (χ1) is 4.84. The normalized spacial score (nSPS) is 34.0. The monoisotopic (exact) mass is 214 g/mol. The third-order valence-electron chi connectivity index (χ3n) is 2.36. The van der Waals surface area contributed by atoms with Crippen molar-refractivity contribution in [1.82, 2.24) is 0 Å². The molecule has 1 atom stereocenters. The fourth-order valence-corrected chi connectivity index (χ4v) is 2.95. The van der Waals surface area contributed by atoms with E-state index in [2.05, 4.69) is 0 Å². The van der Waals surface area contributed by atoms with Gasteiger partial charge in [-0.2, -0.15) is 0 Å². The second-order valence-electron chi connectivity index (χ2n) is 3.28. The molecule has 1 aliphatic rings. The van der Waals surface area contributed by atoms with Crippen LogP contribution in [0.15, 0.2) is 0 Å². The second-order valence-corrected chi connectivity index (χ2v) is 5.11. The van der Waals surface area contributed by atoms with Gasteiger partial charge in [0.2, 0.25) is 5.24 Å². The Morgan fingerprint density at radius 2 is 1.82 bits per heavy atom. The summed E-state index contributed by atoms with van der Waals surface area (Å²) in [5.74, 6) is 0.0995. The lowest BCUT2D eigenvalue weighted by Crippen LogP contribution is -2.23. The molecule has 1 nitrogen and oxygen atoms in total. The highest BCUT2D eigenvalue weighted by atomic mass is 35.5. The Bertz CT molecular complexity index is 200. The van der Waals surface area contributed by atoms with Crippen LogP contribution in [0, 0.1) is 11.3 Å². The largest absolute Gasteiger partial charge is 0.281 e. The van der Waals surface area contributed by atoms with Crippen molar-refractivity contribution in [3.63, 3.8) is 0 Å². The summed E-state index contributed by atoms with van der Waals surface area (Å²) in [5.41, 5.74) is -0.697. The lowest BCUT2D eigenvalue weighted by molar-refractivity contribution is -0.117. The Labute approximate surface area is 81.0 Å². The van der Waals surface area contributed by atoms with Crippen LogP contribution in [0.2, 0.25) is 0 Å². The Kier molecular flexibility index (Phi) is 2.20. The van der Waals surface area contributed by atoms with E-state index < -0.39 is 15.0 Å². The van der Waals surface area contributed by atoms with Gasteiger partial charge in [-0.05, 0) is 23.9 Å². The van der Waals surface area contributed by atoms with Gasteiger partial charge in [0, 0.05) is 0 Å². The number of alkyl halides is 2.